The van der Waals surface area contributed by atoms with Crippen LogP contribution in [-0.2, 0) is 0 Å². The second-order valence-corrected chi connectivity index (χ2v) is 5.07. The number of aliphatic hydroxyl groups is 1. The first-order chi connectivity index (χ1) is 7.76. The van der Waals surface area contributed by atoms with Crippen LogP contribution in [0.4, 0.5) is 0 Å². The molecule has 0 aromatic carbocycles. The van der Waals surface area contributed by atoms with E-state index in [-0.39, 0.29) is 0 Å². The van der Waals surface area contributed by atoms with E-state index >= 15 is 0 Å². The molecule has 1 fully saturated rings. The van der Waals surface area contributed by atoms with Gasteiger partial charge in [-0.25, -0.2) is 0 Å². The van der Waals surface area contributed by atoms with E-state index in [4.69, 9.17) is 5.11 Å². The van der Waals surface area contributed by atoms with Crippen LogP contribution in [0.15, 0.2) is 0 Å². The summed E-state index contributed by atoms with van der Waals surface area (Å²) in [5.41, 5.74) is 0. The molecular weight excluding hydrogens is 200 g/mol. The zero-order valence-corrected chi connectivity index (χ0v) is 10.8. The van der Waals surface area contributed by atoms with Gasteiger partial charge in [0, 0.05) is 24.7 Å². The summed E-state index contributed by atoms with van der Waals surface area (Å²) in [5.74, 6) is 0. The molecule has 96 valence electrons. The molecule has 1 heterocycles. The van der Waals surface area contributed by atoms with Crippen LogP contribution in [0, 0.1) is 0 Å². The van der Waals surface area contributed by atoms with E-state index in [1.165, 1.54) is 32.2 Å². The van der Waals surface area contributed by atoms with Crippen LogP contribution in [0.25, 0.3) is 0 Å². The lowest BCUT2D eigenvalue weighted by Gasteiger charge is -2.28. The Balaban J connectivity index is 2.19. The van der Waals surface area contributed by atoms with Crippen LogP contribution in [0.2, 0.25) is 0 Å². The molecule has 3 atom stereocenters. The smallest absolute Gasteiger partial charge is 0.0445 e. The van der Waals surface area contributed by atoms with E-state index in [9.17, 15) is 0 Å². The van der Waals surface area contributed by atoms with Gasteiger partial charge in [0.25, 0.3) is 0 Å². The van der Waals surface area contributed by atoms with E-state index in [1.807, 2.05) is 0 Å². The Morgan fingerprint density at radius 1 is 1.44 bits per heavy atom. The van der Waals surface area contributed by atoms with Crippen LogP contribution in [0.1, 0.15) is 52.4 Å². The third-order valence-electron chi connectivity index (χ3n) is 3.54. The van der Waals surface area contributed by atoms with E-state index < -0.39 is 0 Å². The summed E-state index contributed by atoms with van der Waals surface area (Å²) in [4.78, 5) is 0. The molecule has 3 N–H and O–H groups in total. The third kappa shape index (κ3) is 5.28. The fraction of sp³-hybridized carbons (Fsp3) is 1.00. The van der Waals surface area contributed by atoms with Gasteiger partial charge < -0.3 is 15.7 Å². The quantitative estimate of drug-likeness (QED) is 0.621. The Bertz CT molecular complexity index is 163. The van der Waals surface area contributed by atoms with Crippen molar-refractivity contribution in [3.05, 3.63) is 0 Å². The molecule has 0 amide bonds. The van der Waals surface area contributed by atoms with Gasteiger partial charge >= 0.3 is 0 Å². The fourth-order valence-electron chi connectivity index (χ4n) is 2.58. The molecule has 1 rings (SSSR count). The molecule has 1 saturated heterocycles. The molecule has 3 heteroatoms. The third-order valence-corrected chi connectivity index (χ3v) is 3.54. The van der Waals surface area contributed by atoms with Gasteiger partial charge in [0.15, 0.2) is 0 Å². The molecule has 1 aliphatic heterocycles. The highest BCUT2D eigenvalue weighted by Crippen LogP contribution is 2.12. The Hall–Kier alpha value is -0.120. The Morgan fingerprint density at radius 2 is 2.25 bits per heavy atom. The maximum Gasteiger partial charge on any atom is 0.0445 e. The predicted molar refractivity (Wildman–Crippen MR) is 68.6 cm³/mol. The van der Waals surface area contributed by atoms with E-state index in [2.05, 4.69) is 24.5 Å². The van der Waals surface area contributed by atoms with E-state index in [0.29, 0.717) is 24.7 Å². The van der Waals surface area contributed by atoms with Crippen LogP contribution in [0.3, 0.4) is 0 Å². The minimum absolute atomic E-state index is 0.292. The summed E-state index contributed by atoms with van der Waals surface area (Å²) in [5, 5.41) is 16.1. The van der Waals surface area contributed by atoms with Gasteiger partial charge in [-0.1, -0.05) is 13.3 Å². The fourth-order valence-corrected chi connectivity index (χ4v) is 2.58. The summed E-state index contributed by atoms with van der Waals surface area (Å²) in [6.45, 7) is 5.92. The minimum Gasteiger partial charge on any atom is -0.396 e. The average molecular weight is 228 g/mol. The Morgan fingerprint density at radius 3 is 2.81 bits per heavy atom. The molecule has 3 nitrogen and oxygen atoms in total. The van der Waals surface area contributed by atoms with Crippen LogP contribution >= 0.6 is 0 Å². The maximum atomic E-state index is 8.95. The summed E-state index contributed by atoms with van der Waals surface area (Å²) in [6.07, 6.45) is 7.21. The molecule has 0 aromatic rings. The summed E-state index contributed by atoms with van der Waals surface area (Å²) in [7, 11) is 0. The van der Waals surface area contributed by atoms with E-state index in [1.54, 1.807) is 0 Å². The lowest BCUT2D eigenvalue weighted by molar-refractivity contribution is 0.250. The molecule has 0 aromatic heterocycles. The van der Waals surface area contributed by atoms with Crippen molar-refractivity contribution in [2.24, 2.45) is 0 Å². The van der Waals surface area contributed by atoms with Crippen molar-refractivity contribution in [1.82, 2.24) is 10.6 Å². The number of nitrogens with one attached hydrogen (secondary N) is 2. The SMILES string of the molecule is CCC(CCO)NC(C)CC1CCCCN1. The number of rotatable bonds is 7. The van der Waals surface area contributed by atoms with Gasteiger partial charge in [0.2, 0.25) is 0 Å². The number of aliphatic hydroxyl groups excluding tert-OH is 1. The molecule has 16 heavy (non-hydrogen) atoms. The highest BCUT2D eigenvalue weighted by atomic mass is 16.3. The second kappa shape index (κ2) is 8.04. The first-order valence-electron chi connectivity index (χ1n) is 6.86. The van der Waals surface area contributed by atoms with Crippen molar-refractivity contribution in [2.75, 3.05) is 13.2 Å². The number of piperidine rings is 1. The summed E-state index contributed by atoms with van der Waals surface area (Å²) in [6, 6.07) is 1.72. The topological polar surface area (TPSA) is 44.3 Å². The van der Waals surface area contributed by atoms with Crippen LogP contribution < -0.4 is 10.6 Å². The lowest BCUT2D eigenvalue weighted by atomic mass is 9.98. The minimum atomic E-state index is 0.292. The zero-order chi connectivity index (χ0) is 11.8. The monoisotopic (exact) mass is 228 g/mol. The Labute approximate surface area is 100 Å². The molecule has 0 radical (unpaired) electrons. The van der Waals surface area contributed by atoms with Crippen molar-refractivity contribution < 1.29 is 5.11 Å². The maximum absolute atomic E-state index is 8.95. The van der Waals surface area contributed by atoms with Crippen molar-refractivity contribution in [2.45, 2.75) is 70.5 Å². The summed E-state index contributed by atoms with van der Waals surface area (Å²) >= 11 is 0. The van der Waals surface area contributed by atoms with Crippen LogP contribution in [0.5, 0.6) is 0 Å². The first-order valence-corrected chi connectivity index (χ1v) is 6.86. The van der Waals surface area contributed by atoms with Crippen molar-refractivity contribution in [3.8, 4) is 0 Å². The van der Waals surface area contributed by atoms with Crippen molar-refractivity contribution in [1.29, 1.82) is 0 Å². The average Bonchev–Trinajstić information content (AvgIpc) is 2.29. The van der Waals surface area contributed by atoms with Gasteiger partial charge in [-0.15, -0.1) is 0 Å². The highest BCUT2D eigenvalue weighted by Gasteiger charge is 2.17. The largest absolute Gasteiger partial charge is 0.396 e. The lowest BCUT2D eigenvalue weighted by Crippen LogP contribution is -2.43. The second-order valence-electron chi connectivity index (χ2n) is 5.07. The van der Waals surface area contributed by atoms with Gasteiger partial charge in [-0.2, -0.15) is 0 Å². The number of hydrogen-bond donors (Lipinski definition) is 3. The van der Waals surface area contributed by atoms with Gasteiger partial charge in [-0.05, 0) is 45.6 Å². The highest BCUT2D eigenvalue weighted by molar-refractivity contribution is 4.79. The molecular formula is C13H28N2O. The van der Waals surface area contributed by atoms with Crippen molar-refractivity contribution >= 4 is 0 Å². The van der Waals surface area contributed by atoms with Gasteiger partial charge in [0.1, 0.15) is 0 Å². The van der Waals surface area contributed by atoms with Gasteiger partial charge in [0.05, 0.1) is 0 Å². The normalized spacial score (nSPS) is 25.3. The first kappa shape index (κ1) is 13.9. The molecule has 0 spiro atoms. The van der Waals surface area contributed by atoms with Crippen molar-refractivity contribution in [3.63, 3.8) is 0 Å². The summed E-state index contributed by atoms with van der Waals surface area (Å²) < 4.78 is 0. The van der Waals surface area contributed by atoms with Crippen LogP contribution in [-0.4, -0.2) is 36.4 Å². The number of hydrogen-bond acceptors (Lipinski definition) is 3. The van der Waals surface area contributed by atoms with E-state index in [0.717, 1.165) is 12.8 Å². The molecule has 1 aliphatic rings. The molecule has 0 saturated carbocycles. The molecule has 0 aliphatic carbocycles. The standard InChI is InChI=1S/C13H28N2O/c1-3-12(7-9-16)15-11(2)10-13-6-4-5-8-14-13/h11-16H,3-10H2,1-2H3. The van der Waals surface area contributed by atoms with Gasteiger partial charge in [-0.3, -0.25) is 0 Å². The Kier molecular flexibility index (Phi) is 7.01. The molecule has 3 unspecified atom stereocenters. The predicted octanol–water partition coefficient (Wildman–Crippen LogP) is 1.66. The molecule has 0 bridgehead atoms. The zero-order valence-electron chi connectivity index (χ0n) is 10.8.